The Morgan fingerprint density at radius 2 is 1.90 bits per heavy atom. The fourth-order valence-electron chi connectivity index (χ4n) is 4.83. The molecule has 0 aromatic carbocycles. The summed E-state index contributed by atoms with van der Waals surface area (Å²) in [5.41, 5.74) is 0. The molecule has 4 rings (SSSR count). The van der Waals surface area contributed by atoms with Gasteiger partial charge in [-0.15, -0.1) is 0 Å². The van der Waals surface area contributed by atoms with Gasteiger partial charge in [0.05, 0.1) is 12.6 Å². The maximum Gasteiger partial charge on any atom is 0.237 e. The van der Waals surface area contributed by atoms with E-state index in [1.54, 1.807) is 0 Å². The average Bonchev–Trinajstić information content (AvgIpc) is 3.28. The zero-order chi connectivity index (χ0) is 20.9. The molecule has 9 heteroatoms. The van der Waals surface area contributed by atoms with Crippen molar-refractivity contribution in [3.63, 3.8) is 0 Å². The number of carbonyl (C=O) groups is 2. The van der Waals surface area contributed by atoms with Crippen LogP contribution in [-0.4, -0.2) is 82.2 Å². The van der Waals surface area contributed by atoms with E-state index in [2.05, 4.69) is 25.4 Å². The molecule has 166 valence electrons. The van der Waals surface area contributed by atoms with Gasteiger partial charge in [-0.3, -0.25) is 19.6 Å². The van der Waals surface area contributed by atoms with Crippen molar-refractivity contribution in [2.24, 2.45) is 5.92 Å². The smallest absolute Gasteiger partial charge is 0.237 e. The van der Waals surface area contributed by atoms with E-state index < -0.39 is 0 Å². The molecule has 3 aliphatic rings. The second-order valence-electron chi connectivity index (χ2n) is 8.86. The number of amides is 2. The number of carbonyl (C=O) groups excluding carboxylic acids is 2. The molecule has 0 aliphatic carbocycles. The first-order chi connectivity index (χ1) is 14.6. The molecule has 0 bridgehead atoms. The lowest BCUT2D eigenvalue weighted by Gasteiger charge is -2.27. The van der Waals surface area contributed by atoms with Crippen LogP contribution in [0.1, 0.15) is 62.6 Å². The quantitative estimate of drug-likeness (QED) is 0.744. The van der Waals surface area contributed by atoms with E-state index in [-0.39, 0.29) is 29.8 Å². The van der Waals surface area contributed by atoms with Gasteiger partial charge in [0, 0.05) is 31.7 Å². The number of rotatable bonds is 5. The second-order valence-corrected chi connectivity index (χ2v) is 8.86. The Bertz CT molecular complexity index is 724. The maximum absolute atomic E-state index is 13.2. The van der Waals surface area contributed by atoms with Crippen LogP contribution < -0.4 is 5.32 Å². The van der Waals surface area contributed by atoms with Gasteiger partial charge in [0.15, 0.2) is 5.82 Å². The SMILES string of the molecule is Cc1nc([C@@H]2C[C@H](NC(=O)C3CCOCC3)CN2C(=O)CN2CCCCCC2)n[nH]1. The van der Waals surface area contributed by atoms with Gasteiger partial charge < -0.3 is 15.0 Å². The van der Waals surface area contributed by atoms with E-state index in [0.717, 1.165) is 44.6 Å². The fraction of sp³-hybridized carbons (Fsp3) is 0.810. The van der Waals surface area contributed by atoms with Gasteiger partial charge in [0.2, 0.25) is 11.8 Å². The van der Waals surface area contributed by atoms with Gasteiger partial charge in [-0.05, 0) is 52.1 Å². The van der Waals surface area contributed by atoms with E-state index in [4.69, 9.17) is 4.74 Å². The Morgan fingerprint density at radius 1 is 1.17 bits per heavy atom. The molecular formula is C21H34N6O3. The molecule has 0 spiro atoms. The fourth-order valence-corrected chi connectivity index (χ4v) is 4.83. The number of ether oxygens (including phenoxy) is 1. The molecule has 1 aromatic heterocycles. The minimum atomic E-state index is -0.200. The van der Waals surface area contributed by atoms with Gasteiger partial charge in [0.25, 0.3) is 0 Å². The van der Waals surface area contributed by atoms with Crippen molar-refractivity contribution in [1.82, 2.24) is 30.3 Å². The molecule has 2 N–H and O–H groups in total. The van der Waals surface area contributed by atoms with Crippen molar-refractivity contribution < 1.29 is 14.3 Å². The van der Waals surface area contributed by atoms with E-state index in [1.807, 2.05) is 11.8 Å². The molecule has 4 heterocycles. The monoisotopic (exact) mass is 418 g/mol. The number of likely N-dealkylation sites (tertiary alicyclic amines) is 2. The molecule has 1 aromatic rings. The largest absolute Gasteiger partial charge is 0.381 e. The van der Waals surface area contributed by atoms with Crippen LogP contribution in [0.4, 0.5) is 0 Å². The Morgan fingerprint density at radius 3 is 2.57 bits per heavy atom. The lowest BCUT2D eigenvalue weighted by Crippen LogP contribution is -2.44. The lowest BCUT2D eigenvalue weighted by atomic mass is 9.99. The molecule has 3 aliphatic heterocycles. The summed E-state index contributed by atoms with van der Waals surface area (Å²) in [4.78, 5) is 34.6. The first-order valence-electron chi connectivity index (χ1n) is 11.4. The predicted molar refractivity (Wildman–Crippen MR) is 111 cm³/mol. The molecule has 0 radical (unpaired) electrons. The molecular weight excluding hydrogens is 384 g/mol. The first-order valence-corrected chi connectivity index (χ1v) is 11.4. The number of nitrogens with one attached hydrogen (secondary N) is 2. The molecule has 0 saturated carbocycles. The Kier molecular flexibility index (Phi) is 6.99. The van der Waals surface area contributed by atoms with Crippen LogP contribution in [0.3, 0.4) is 0 Å². The Hall–Kier alpha value is -2.00. The third kappa shape index (κ3) is 5.18. The lowest BCUT2D eigenvalue weighted by molar-refractivity contribution is -0.134. The number of aryl methyl sites for hydroxylation is 1. The van der Waals surface area contributed by atoms with Crippen LogP contribution in [0, 0.1) is 12.8 Å². The van der Waals surface area contributed by atoms with Gasteiger partial charge >= 0.3 is 0 Å². The van der Waals surface area contributed by atoms with Crippen LogP contribution >= 0.6 is 0 Å². The third-order valence-corrected chi connectivity index (χ3v) is 6.53. The topological polar surface area (TPSA) is 103 Å². The zero-order valence-electron chi connectivity index (χ0n) is 17.9. The highest BCUT2D eigenvalue weighted by Crippen LogP contribution is 2.31. The van der Waals surface area contributed by atoms with Crippen molar-refractivity contribution in [2.75, 3.05) is 39.4 Å². The summed E-state index contributed by atoms with van der Waals surface area (Å²) >= 11 is 0. The van der Waals surface area contributed by atoms with Crippen molar-refractivity contribution >= 4 is 11.8 Å². The van der Waals surface area contributed by atoms with Gasteiger partial charge in [-0.25, -0.2) is 4.98 Å². The van der Waals surface area contributed by atoms with E-state index in [9.17, 15) is 9.59 Å². The maximum atomic E-state index is 13.2. The highest BCUT2D eigenvalue weighted by molar-refractivity contribution is 5.81. The van der Waals surface area contributed by atoms with Crippen LogP contribution in [0.2, 0.25) is 0 Å². The third-order valence-electron chi connectivity index (χ3n) is 6.53. The summed E-state index contributed by atoms with van der Waals surface area (Å²) in [5.74, 6) is 1.56. The predicted octanol–water partition coefficient (Wildman–Crippen LogP) is 1.17. The molecule has 0 unspecified atom stereocenters. The molecule has 3 saturated heterocycles. The summed E-state index contributed by atoms with van der Waals surface area (Å²) in [7, 11) is 0. The number of hydrogen-bond acceptors (Lipinski definition) is 6. The summed E-state index contributed by atoms with van der Waals surface area (Å²) in [5, 5.41) is 10.4. The Balaban J connectivity index is 1.42. The second kappa shape index (κ2) is 9.87. The summed E-state index contributed by atoms with van der Waals surface area (Å²) < 4.78 is 5.37. The number of nitrogens with zero attached hydrogens (tertiary/aromatic N) is 4. The zero-order valence-corrected chi connectivity index (χ0v) is 17.9. The molecule has 9 nitrogen and oxygen atoms in total. The number of aromatic nitrogens is 3. The van der Waals surface area contributed by atoms with Crippen LogP contribution in [0.15, 0.2) is 0 Å². The van der Waals surface area contributed by atoms with Gasteiger partial charge in [-0.1, -0.05) is 12.8 Å². The summed E-state index contributed by atoms with van der Waals surface area (Å²) in [6, 6.07) is -0.272. The first kappa shape index (κ1) is 21.2. The average molecular weight is 419 g/mol. The van der Waals surface area contributed by atoms with Crippen LogP contribution in [-0.2, 0) is 14.3 Å². The molecule has 3 fully saturated rings. The van der Waals surface area contributed by atoms with Gasteiger partial charge in [-0.2, -0.15) is 5.10 Å². The van der Waals surface area contributed by atoms with Gasteiger partial charge in [0.1, 0.15) is 5.82 Å². The van der Waals surface area contributed by atoms with Crippen LogP contribution in [0.25, 0.3) is 0 Å². The molecule has 30 heavy (non-hydrogen) atoms. The molecule has 2 amide bonds. The minimum Gasteiger partial charge on any atom is -0.381 e. The van der Waals surface area contributed by atoms with Crippen molar-refractivity contribution in [3.8, 4) is 0 Å². The van der Waals surface area contributed by atoms with Crippen LogP contribution in [0.5, 0.6) is 0 Å². The number of hydrogen-bond donors (Lipinski definition) is 2. The highest BCUT2D eigenvalue weighted by atomic mass is 16.5. The van der Waals surface area contributed by atoms with E-state index >= 15 is 0 Å². The summed E-state index contributed by atoms with van der Waals surface area (Å²) in [6.07, 6.45) is 6.97. The standard InChI is InChI=1S/C21H34N6O3/c1-15-22-20(25-24-15)18-12-17(23-21(29)16-6-10-30-11-7-16)13-27(18)19(28)14-26-8-4-2-3-5-9-26/h16-18H,2-14H2,1H3,(H,23,29)(H,22,24,25)/t17-,18-/m0/s1. The molecule has 2 atom stereocenters. The van der Waals surface area contributed by atoms with Crippen molar-refractivity contribution in [1.29, 1.82) is 0 Å². The number of H-pyrrole nitrogens is 1. The van der Waals surface area contributed by atoms with E-state index in [1.165, 1.54) is 12.8 Å². The normalized spacial score (nSPS) is 26.5. The van der Waals surface area contributed by atoms with Crippen molar-refractivity contribution in [3.05, 3.63) is 11.6 Å². The minimum absolute atomic E-state index is 0.00445. The van der Waals surface area contributed by atoms with E-state index in [0.29, 0.717) is 38.5 Å². The highest BCUT2D eigenvalue weighted by Gasteiger charge is 2.40. The number of aromatic amines is 1. The summed E-state index contributed by atoms with van der Waals surface area (Å²) in [6.45, 7) is 6.05. The van der Waals surface area contributed by atoms with Crippen molar-refractivity contribution in [2.45, 2.75) is 64.0 Å². The Labute approximate surface area is 177 Å².